The van der Waals surface area contributed by atoms with Crippen LogP contribution in [0.1, 0.15) is 11.3 Å². The molecule has 3 rings (SSSR count). The Hall–Kier alpha value is -1.59. The minimum atomic E-state index is -0.379. The Bertz CT molecular complexity index is 724. The maximum atomic E-state index is 11.8. The molecule has 0 amide bonds. The molecule has 0 spiro atoms. The molecule has 2 heterocycles. The fraction of sp³-hybridized carbons (Fsp3) is 0. The number of furan rings is 1. The van der Waals surface area contributed by atoms with Crippen molar-refractivity contribution in [3.05, 3.63) is 68.5 Å². The van der Waals surface area contributed by atoms with Gasteiger partial charge in [0.25, 0.3) is 0 Å². The van der Waals surface area contributed by atoms with E-state index in [0.717, 1.165) is 10.0 Å². The minimum absolute atomic E-state index is 0.379. The number of cyclic esters (lactones) is 1. The lowest BCUT2D eigenvalue weighted by atomic mass is 10.1. The summed E-state index contributed by atoms with van der Waals surface area (Å²) in [6, 6.07) is 11.1. The number of rotatable bonds is 2. The van der Waals surface area contributed by atoms with Crippen molar-refractivity contribution in [3.63, 3.8) is 0 Å². The van der Waals surface area contributed by atoms with Gasteiger partial charge in [-0.25, -0.2) is 4.79 Å². The van der Waals surface area contributed by atoms with Gasteiger partial charge in [-0.1, -0.05) is 28.1 Å². The number of esters is 1. The first-order valence-electron chi connectivity index (χ1n) is 5.79. The van der Waals surface area contributed by atoms with Crippen LogP contribution in [-0.4, -0.2) is 5.97 Å². The summed E-state index contributed by atoms with van der Waals surface area (Å²) in [4.78, 5) is 11.8. The van der Waals surface area contributed by atoms with Crippen molar-refractivity contribution in [2.75, 3.05) is 0 Å². The van der Waals surface area contributed by atoms with E-state index in [1.807, 2.05) is 24.3 Å². The Morgan fingerprint density at radius 2 is 1.75 bits per heavy atom. The summed E-state index contributed by atoms with van der Waals surface area (Å²) in [6.45, 7) is 0. The van der Waals surface area contributed by atoms with Crippen LogP contribution in [0.3, 0.4) is 0 Å². The third-order valence-corrected chi connectivity index (χ3v) is 3.70. The number of hydrogen-bond acceptors (Lipinski definition) is 3. The van der Waals surface area contributed by atoms with Crippen molar-refractivity contribution in [2.24, 2.45) is 0 Å². The predicted molar refractivity (Wildman–Crippen MR) is 82.6 cm³/mol. The van der Waals surface area contributed by atoms with Gasteiger partial charge in [-0.15, -0.1) is 0 Å². The van der Waals surface area contributed by atoms with Gasteiger partial charge in [-0.3, -0.25) is 0 Å². The second-order valence-corrected chi connectivity index (χ2v) is 5.84. The Morgan fingerprint density at radius 3 is 2.40 bits per heavy atom. The predicted octanol–water partition coefficient (Wildman–Crippen LogP) is 4.79. The molecule has 0 radical (unpaired) electrons. The molecule has 0 fully saturated rings. The molecule has 20 heavy (non-hydrogen) atoms. The summed E-state index contributed by atoms with van der Waals surface area (Å²) in [6.07, 6.45) is 3.36. The second-order valence-electron chi connectivity index (χ2n) is 4.15. The summed E-state index contributed by atoms with van der Waals surface area (Å²) in [5.41, 5.74) is 1.32. The van der Waals surface area contributed by atoms with Crippen LogP contribution in [0.4, 0.5) is 0 Å². The molecule has 3 nitrogen and oxygen atoms in total. The molecule has 1 aromatic heterocycles. The van der Waals surface area contributed by atoms with E-state index in [-0.39, 0.29) is 5.97 Å². The molecule has 1 aliphatic rings. The van der Waals surface area contributed by atoms with E-state index in [9.17, 15) is 4.79 Å². The van der Waals surface area contributed by atoms with Crippen molar-refractivity contribution >= 4 is 49.7 Å². The van der Waals surface area contributed by atoms with E-state index >= 15 is 0 Å². The molecular weight excluding hydrogens is 388 g/mol. The molecule has 0 saturated carbocycles. The zero-order valence-corrected chi connectivity index (χ0v) is 13.3. The van der Waals surface area contributed by atoms with Gasteiger partial charge in [0.2, 0.25) is 0 Å². The van der Waals surface area contributed by atoms with Gasteiger partial charge >= 0.3 is 5.97 Å². The Morgan fingerprint density at radius 1 is 1.00 bits per heavy atom. The van der Waals surface area contributed by atoms with Crippen molar-refractivity contribution in [2.45, 2.75) is 0 Å². The Balaban J connectivity index is 1.92. The molecule has 2 aromatic rings. The van der Waals surface area contributed by atoms with E-state index in [1.54, 1.807) is 24.3 Å². The molecule has 0 bridgehead atoms. The van der Waals surface area contributed by atoms with Gasteiger partial charge in [0.15, 0.2) is 4.67 Å². The number of carbonyl (C=O) groups is 1. The minimum Gasteiger partial charge on any atom is -0.450 e. The van der Waals surface area contributed by atoms with Crippen LogP contribution < -0.4 is 0 Å². The zero-order valence-electron chi connectivity index (χ0n) is 10.1. The largest absolute Gasteiger partial charge is 0.450 e. The molecule has 0 unspecified atom stereocenters. The van der Waals surface area contributed by atoms with Crippen LogP contribution in [0.25, 0.3) is 11.8 Å². The van der Waals surface area contributed by atoms with Gasteiger partial charge in [0.05, 0.1) is 5.57 Å². The third-order valence-electron chi connectivity index (χ3n) is 2.75. The van der Waals surface area contributed by atoms with E-state index in [0.29, 0.717) is 21.8 Å². The first-order valence-corrected chi connectivity index (χ1v) is 7.37. The van der Waals surface area contributed by atoms with Gasteiger partial charge in [-0.2, -0.15) is 0 Å². The molecule has 0 aliphatic carbocycles. The van der Waals surface area contributed by atoms with Crippen molar-refractivity contribution in [1.82, 2.24) is 0 Å². The van der Waals surface area contributed by atoms with Crippen molar-refractivity contribution in [1.29, 1.82) is 0 Å². The van der Waals surface area contributed by atoms with Crippen LogP contribution in [0, 0.1) is 0 Å². The first kappa shape index (κ1) is 13.4. The van der Waals surface area contributed by atoms with Gasteiger partial charge in [0.1, 0.15) is 11.5 Å². The van der Waals surface area contributed by atoms with Crippen LogP contribution in [0.5, 0.6) is 0 Å². The zero-order chi connectivity index (χ0) is 14.1. The van der Waals surface area contributed by atoms with Gasteiger partial charge < -0.3 is 9.15 Å². The van der Waals surface area contributed by atoms with Crippen LogP contribution in [-0.2, 0) is 9.53 Å². The number of halogens is 2. The lowest BCUT2D eigenvalue weighted by Crippen LogP contribution is -1.96. The topological polar surface area (TPSA) is 39.4 Å². The van der Waals surface area contributed by atoms with Crippen molar-refractivity contribution < 1.29 is 13.9 Å². The maximum Gasteiger partial charge on any atom is 0.343 e. The SMILES string of the molecule is O=C1OC(c2ccc(Br)cc2)=C/C1=C\c1ccc(Br)o1. The summed E-state index contributed by atoms with van der Waals surface area (Å²) in [5, 5.41) is 0. The summed E-state index contributed by atoms with van der Waals surface area (Å²) < 4.78 is 12.2. The highest BCUT2D eigenvalue weighted by molar-refractivity contribution is 9.10. The average Bonchev–Trinajstić information content (AvgIpc) is 2.98. The Kier molecular flexibility index (Phi) is 3.63. The standard InChI is InChI=1S/C15H8Br2O3/c16-11-3-1-9(2-4-11)13-8-10(15(18)20-13)7-12-5-6-14(17)19-12/h1-8H/b10-7+. The summed E-state index contributed by atoms with van der Waals surface area (Å²) in [5.74, 6) is 0.756. The highest BCUT2D eigenvalue weighted by atomic mass is 79.9. The second kappa shape index (κ2) is 5.42. The maximum absolute atomic E-state index is 11.8. The normalized spacial score (nSPS) is 16.4. The lowest BCUT2D eigenvalue weighted by Gasteiger charge is -2.01. The number of benzene rings is 1. The molecule has 100 valence electrons. The van der Waals surface area contributed by atoms with Gasteiger partial charge in [-0.05, 0) is 52.3 Å². The van der Waals surface area contributed by atoms with E-state index in [2.05, 4.69) is 31.9 Å². The fourth-order valence-electron chi connectivity index (χ4n) is 1.80. The molecule has 0 N–H and O–H groups in total. The van der Waals surface area contributed by atoms with Crippen molar-refractivity contribution in [3.8, 4) is 0 Å². The average molecular weight is 396 g/mol. The van der Waals surface area contributed by atoms with E-state index in [4.69, 9.17) is 9.15 Å². The highest BCUT2D eigenvalue weighted by Crippen LogP contribution is 2.28. The lowest BCUT2D eigenvalue weighted by molar-refractivity contribution is -0.130. The van der Waals surface area contributed by atoms with Gasteiger partial charge in [0, 0.05) is 10.0 Å². The quantitative estimate of drug-likeness (QED) is 0.542. The fourth-order valence-corrected chi connectivity index (χ4v) is 2.39. The van der Waals surface area contributed by atoms with E-state index in [1.165, 1.54) is 0 Å². The summed E-state index contributed by atoms with van der Waals surface area (Å²) in [7, 11) is 0. The number of carbonyl (C=O) groups excluding carboxylic acids is 1. The molecule has 0 atom stereocenters. The van der Waals surface area contributed by atoms with E-state index < -0.39 is 0 Å². The monoisotopic (exact) mass is 394 g/mol. The smallest absolute Gasteiger partial charge is 0.343 e. The summed E-state index contributed by atoms with van der Waals surface area (Å²) >= 11 is 6.59. The molecule has 1 aromatic carbocycles. The molecule has 5 heteroatoms. The number of ether oxygens (including phenoxy) is 1. The number of hydrogen-bond donors (Lipinski definition) is 0. The van der Waals surface area contributed by atoms with Crippen LogP contribution in [0.15, 0.2) is 61.6 Å². The molecule has 0 saturated heterocycles. The molecule has 1 aliphatic heterocycles. The van der Waals surface area contributed by atoms with Crippen LogP contribution in [0.2, 0.25) is 0 Å². The van der Waals surface area contributed by atoms with Crippen LogP contribution >= 0.6 is 31.9 Å². The molecular formula is C15H8Br2O3. The highest BCUT2D eigenvalue weighted by Gasteiger charge is 2.22. The first-order chi connectivity index (χ1) is 9.61. The Labute approximate surface area is 132 Å². The third kappa shape index (κ3) is 2.78.